The fraction of sp³-hybridized carbons (Fsp3) is 0.296. The molecule has 0 spiro atoms. The number of nitro groups is 1. The molecule has 6 rings (SSSR count). The molecule has 3 aromatic rings. The number of furan rings is 1. The minimum Gasteiger partial charge on any atom is -0.480 e. The number of hydrogen-bond acceptors (Lipinski definition) is 12. The Morgan fingerprint density at radius 1 is 1.30 bits per heavy atom. The lowest BCUT2D eigenvalue weighted by atomic mass is 9.95. The number of imide groups is 1. The van der Waals surface area contributed by atoms with Crippen LogP contribution in [0.1, 0.15) is 35.7 Å². The summed E-state index contributed by atoms with van der Waals surface area (Å²) in [6.45, 7) is 4.79. The molecule has 0 radical (unpaired) electrons. The van der Waals surface area contributed by atoms with Crippen molar-refractivity contribution in [3.63, 3.8) is 0 Å². The molecule has 3 aliphatic rings. The highest BCUT2D eigenvalue weighted by Crippen LogP contribution is 2.51. The number of nitrogens with one attached hydrogen (secondary N) is 2. The van der Waals surface area contributed by atoms with Crippen molar-refractivity contribution in [3.8, 4) is 11.3 Å². The van der Waals surface area contributed by atoms with Gasteiger partial charge in [-0.2, -0.15) is 5.10 Å². The highest BCUT2D eigenvalue weighted by molar-refractivity contribution is 8.01. The fourth-order valence-corrected chi connectivity index (χ4v) is 6.93. The molecule has 0 aliphatic carbocycles. The number of fused-ring (bicyclic) bond motifs is 1. The third-order valence-corrected chi connectivity index (χ3v) is 9.03. The Bertz CT molecular complexity index is 1840. The molecule has 3 saturated heterocycles. The predicted molar refractivity (Wildman–Crippen MR) is 160 cm³/mol. The summed E-state index contributed by atoms with van der Waals surface area (Å²) < 4.78 is 23.5. The van der Waals surface area contributed by atoms with Crippen molar-refractivity contribution in [2.45, 2.75) is 43.0 Å². The molecule has 0 unspecified atom stereocenters. The van der Waals surface area contributed by atoms with Gasteiger partial charge < -0.3 is 24.3 Å². The monoisotopic (exact) mass is 691 g/mol. The van der Waals surface area contributed by atoms with Crippen LogP contribution in [0.5, 0.6) is 0 Å². The fourth-order valence-electron chi connectivity index (χ4n) is 5.05. The molecule has 47 heavy (non-hydrogen) atoms. The van der Waals surface area contributed by atoms with Crippen molar-refractivity contribution >= 4 is 65.2 Å². The zero-order valence-electron chi connectivity index (χ0n) is 24.4. The van der Waals surface area contributed by atoms with Gasteiger partial charge in [0, 0.05) is 4.75 Å². The first kappa shape index (κ1) is 33.1. The molecule has 20 heteroatoms. The summed E-state index contributed by atoms with van der Waals surface area (Å²) in [4.78, 5) is 70.0. The van der Waals surface area contributed by atoms with E-state index in [2.05, 4.69) is 15.6 Å². The second kappa shape index (κ2) is 12.5. The van der Waals surface area contributed by atoms with Gasteiger partial charge in [-0.1, -0.05) is 22.8 Å². The topological polar surface area (TPSA) is 231 Å². The largest absolute Gasteiger partial charge is 0.480 e. The Morgan fingerprint density at radius 2 is 2.02 bits per heavy atom. The maximum absolute atomic E-state index is 14.4. The number of carboxylic acid groups (broad SMARTS) is 1. The molecular formula is C27H23ClFN7O10S. The molecule has 2 aromatic heterocycles. The van der Waals surface area contributed by atoms with Crippen molar-refractivity contribution in [2.24, 2.45) is 5.10 Å². The lowest BCUT2D eigenvalue weighted by Crippen LogP contribution is -2.70. The zero-order valence-corrected chi connectivity index (χ0v) is 26.0. The number of hydrogen-bond donors (Lipinski definition) is 3. The smallest absolute Gasteiger partial charge is 0.433 e. The molecule has 17 nitrogen and oxygen atoms in total. The number of halogens is 2. The van der Waals surface area contributed by atoms with Crippen LogP contribution in [0.4, 0.5) is 15.1 Å². The number of rotatable bonds is 7. The molecule has 0 bridgehead atoms. The van der Waals surface area contributed by atoms with Gasteiger partial charge in [0.1, 0.15) is 51.8 Å². The third-order valence-electron chi connectivity index (χ3n) is 7.14. The highest BCUT2D eigenvalue weighted by atomic mass is 35.5. The molecule has 246 valence electrons. The number of thioether (sulfide) groups is 1. The highest BCUT2D eigenvalue weighted by Gasteiger charge is 2.64. The zero-order chi connectivity index (χ0) is 34.4. The van der Waals surface area contributed by atoms with Crippen molar-refractivity contribution in [1.82, 2.24) is 25.7 Å². The Kier molecular flexibility index (Phi) is 8.78. The second-order valence-electron chi connectivity index (χ2n) is 10.7. The molecule has 3 aliphatic heterocycles. The van der Waals surface area contributed by atoms with Crippen LogP contribution < -0.4 is 10.6 Å². The number of aromatic nitrogens is 1. The average Bonchev–Trinajstić information content (AvgIpc) is 3.75. The van der Waals surface area contributed by atoms with Crippen LogP contribution in [0.25, 0.3) is 11.3 Å². The number of urea groups is 1. The minimum atomic E-state index is -1.10. The molecule has 3 atom stereocenters. The van der Waals surface area contributed by atoms with Gasteiger partial charge >= 0.3 is 17.9 Å². The van der Waals surface area contributed by atoms with Crippen LogP contribution in [0.15, 0.2) is 44.4 Å². The number of benzene rings is 1. The van der Waals surface area contributed by atoms with Crippen LogP contribution in [0, 0.1) is 22.9 Å². The summed E-state index contributed by atoms with van der Waals surface area (Å²) in [5, 5.41) is 32.3. The number of β-lactam (4-membered cyclic amide) rings is 1. The van der Waals surface area contributed by atoms with Gasteiger partial charge in [0.2, 0.25) is 11.8 Å². The quantitative estimate of drug-likeness (QED) is 0.107. The summed E-state index contributed by atoms with van der Waals surface area (Å²) in [5.74, 6) is -3.58. The molecule has 1 aromatic carbocycles. The number of carbonyl (C=O) groups excluding carboxylic acids is 4. The van der Waals surface area contributed by atoms with E-state index >= 15 is 0 Å². The molecule has 0 saturated carbocycles. The van der Waals surface area contributed by atoms with Crippen LogP contribution in [-0.2, 0) is 14.4 Å². The minimum absolute atomic E-state index is 0.0368. The van der Waals surface area contributed by atoms with Crippen LogP contribution in [0.3, 0.4) is 0 Å². The van der Waals surface area contributed by atoms with E-state index in [4.69, 9.17) is 20.5 Å². The second-order valence-corrected chi connectivity index (χ2v) is 12.9. The van der Waals surface area contributed by atoms with E-state index < -0.39 is 68.6 Å². The van der Waals surface area contributed by atoms with E-state index in [1.807, 2.05) is 5.32 Å². The average molecular weight is 692 g/mol. The van der Waals surface area contributed by atoms with Crippen LogP contribution in [0.2, 0.25) is 5.02 Å². The molecular weight excluding hydrogens is 669 g/mol. The maximum atomic E-state index is 14.4. The molecule has 3 fully saturated rings. The summed E-state index contributed by atoms with van der Waals surface area (Å²) in [5.41, 5.74) is -0.185. The van der Waals surface area contributed by atoms with Crippen molar-refractivity contribution in [1.29, 1.82) is 0 Å². The van der Waals surface area contributed by atoms with Crippen molar-refractivity contribution in [3.05, 3.63) is 68.4 Å². The molecule has 3 N–H and O–H groups in total. The normalized spacial score (nSPS) is 21.2. The standard InChI is InChI=1S/C19H17ClFN3O5S.C8H6N4O5/c1-7-10(12(23-29-7)11-8(20)5-4-6-9(11)21)15(25)22-13-16(26)24-14(18(27)28)19(2,3)30-17(13)24;13-6-4-11(8(14)10-6)9-3-5-1-2-7(17-5)12(15)16/h4-6,13-14,17H,1-3H3,(H,22,25)(H,27,28);1-3H,4H2,(H,10,13,14)/b;9-3+/t13-,14+,17-;/m1./s1. The van der Waals surface area contributed by atoms with E-state index in [0.29, 0.717) is 0 Å². The summed E-state index contributed by atoms with van der Waals surface area (Å²) in [6, 6.07) is 4.02. The number of carbonyl (C=O) groups is 5. The first-order valence-electron chi connectivity index (χ1n) is 13.4. The maximum Gasteiger partial charge on any atom is 0.433 e. The number of carboxylic acids is 1. The van der Waals surface area contributed by atoms with Gasteiger partial charge in [0.15, 0.2) is 5.76 Å². The SMILES string of the molecule is Cc1onc(-c2c(F)cccc2Cl)c1C(=O)N[C@@H]1C(=O)N2[C@@H]1SC(C)(C)[C@@H]2C(=O)O.O=C1CN(/N=C/c2ccc([N+](=O)[O-])o2)C(=O)N1. The Hall–Kier alpha value is -5.30. The predicted octanol–water partition coefficient (Wildman–Crippen LogP) is 2.76. The summed E-state index contributed by atoms with van der Waals surface area (Å²) in [7, 11) is 0. The van der Waals surface area contributed by atoms with E-state index in [-0.39, 0.29) is 39.9 Å². The van der Waals surface area contributed by atoms with Gasteiger partial charge in [-0.25, -0.2) is 19.0 Å². The Labute approximate surface area is 272 Å². The first-order chi connectivity index (χ1) is 22.1. The van der Waals surface area contributed by atoms with Gasteiger partial charge in [-0.15, -0.1) is 11.8 Å². The van der Waals surface area contributed by atoms with Crippen molar-refractivity contribution in [2.75, 3.05) is 6.54 Å². The Morgan fingerprint density at radius 3 is 2.62 bits per heavy atom. The molecule has 5 amide bonds. The number of nitrogens with zero attached hydrogens (tertiary/aromatic N) is 5. The Balaban J connectivity index is 0.000000216. The van der Waals surface area contributed by atoms with Gasteiger partial charge in [0.05, 0.1) is 22.9 Å². The number of hydrazone groups is 1. The lowest BCUT2D eigenvalue weighted by molar-refractivity contribution is -0.402. The summed E-state index contributed by atoms with van der Waals surface area (Å²) in [6.07, 6.45) is 1.12. The van der Waals surface area contributed by atoms with Gasteiger partial charge in [0.25, 0.3) is 5.91 Å². The van der Waals surface area contributed by atoms with E-state index in [0.717, 1.165) is 17.3 Å². The third kappa shape index (κ3) is 6.26. The van der Waals surface area contributed by atoms with Crippen LogP contribution >= 0.6 is 23.4 Å². The summed E-state index contributed by atoms with van der Waals surface area (Å²) >= 11 is 7.40. The molecule has 5 heterocycles. The number of aliphatic carboxylic acids is 1. The first-order valence-corrected chi connectivity index (χ1v) is 14.7. The van der Waals surface area contributed by atoms with E-state index in [1.54, 1.807) is 13.8 Å². The van der Waals surface area contributed by atoms with E-state index in [9.17, 15) is 43.6 Å². The lowest BCUT2D eigenvalue weighted by Gasteiger charge is -2.43. The van der Waals surface area contributed by atoms with Gasteiger partial charge in [-0.05, 0) is 39.0 Å². The van der Waals surface area contributed by atoms with Gasteiger partial charge in [-0.3, -0.25) is 29.8 Å². The van der Waals surface area contributed by atoms with Crippen molar-refractivity contribution < 1.29 is 47.3 Å². The number of aryl methyl sites for hydroxylation is 1. The van der Waals surface area contributed by atoms with Crippen LogP contribution in [-0.4, -0.2) is 89.8 Å². The number of amides is 5. The van der Waals surface area contributed by atoms with E-state index in [1.165, 1.54) is 47.9 Å².